The zero-order valence-corrected chi connectivity index (χ0v) is 17.0. The van der Waals surface area contributed by atoms with Gasteiger partial charge in [0.2, 0.25) is 15.9 Å². The van der Waals surface area contributed by atoms with Crippen LogP contribution < -0.4 is 10.9 Å². The van der Waals surface area contributed by atoms with Crippen molar-refractivity contribution in [2.24, 2.45) is 0 Å². The summed E-state index contributed by atoms with van der Waals surface area (Å²) in [6.07, 6.45) is 4.79. The molecule has 2 heterocycles. The first-order valence-corrected chi connectivity index (χ1v) is 11.3. The summed E-state index contributed by atoms with van der Waals surface area (Å²) >= 11 is 0. The van der Waals surface area contributed by atoms with E-state index in [1.165, 1.54) is 33.5 Å². The number of benzene rings is 1. The molecule has 2 aliphatic rings. The average molecular weight is 423 g/mol. The number of hydrazine groups is 1. The smallest absolute Gasteiger partial charge is 0.269 e. The minimum Gasteiger partial charge on any atom is -0.333 e. The lowest BCUT2D eigenvalue weighted by Crippen LogP contribution is -2.47. The molecule has 29 heavy (non-hydrogen) atoms. The highest BCUT2D eigenvalue weighted by Crippen LogP contribution is 2.21. The highest BCUT2D eigenvalue weighted by atomic mass is 32.2. The van der Waals surface area contributed by atoms with Gasteiger partial charge in [-0.25, -0.2) is 8.42 Å². The van der Waals surface area contributed by atoms with Gasteiger partial charge in [0.15, 0.2) is 0 Å². The molecular weight excluding hydrogens is 396 g/mol. The van der Waals surface area contributed by atoms with Crippen LogP contribution in [-0.4, -0.2) is 61.5 Å². The first-order chi connectivity index (χ1) is 13.9. The molecule has 2 saturated heterocycles. The van der Waals surface area contributed by atoms with Crippen molar-refractivity contribution < 1.29 is 22.8 Å². The van der Waals surface area contributed by atoms with Gasteiger partial charge < -0.3 is 4.90 Å². The Morgan fingerprint density at radius 2 is 1.55 bits per heavy atom. The molecule has 0 bridgehead atoms. The van der Waals surface area contributed by atoms with Gasteiger partial charge in [-0.1, -0.05) is 6.42 Å². The molecule has 0 aromatic heterocycles. The van der Waals surface area contributed by atoms with E-state index in [2.05, 4.69) is 10.9 Å². The van der Waals surface area contributed by atoms with Gasteiger partial charge in [-0.05, 0) is 49.9 Å². The number of hydrogen-bond donors (Lipinski definition) is 2. The second-order valence-corrected chi connectivity index (χ2v) is 9.20. The van der Waals surface area contributed by atoms with Crippen LogP contribution in [0.15, 0.2) is 29.2 Å². The van der Waals surface area contributed by atoms with Gasteiger partial charge in [-0.3, -0.25) is 25.2 Å². The minimum atomic E-state index is -3.54. The number of carbonyl (C=O) groups excluding carboxylic acids is 3. The molecule has 0 saturated carbocycles. The van der Waals surface area contributed by atoms with Crippen LogP contribution in [0.25, 0.3) is 0 Å². The Morgan fingerprint density at radius 3 is 2.24 bits per heavy atom. The van der Waals surface area contributed by atoms with Gasteiger partial charge in [-0.2, -0.15) is 4.31 Å². The second-order valence-electron chi connectivity index (χ2n) is 7.26. The SMILES string of the molecule is O=C(CN1CCCCCC1=O)NNC(=O)c1ccc(S(=O)(=O)N2CCCC2)cc1. The third kappa shape index (κ3) is 5.33. The summed E-state index contributed by atoms with van der Waals surface area (Å²) < 4.78 is 26.5. The molecule has 1 aromatic carbocycles. The Kier molecular flexibility index (Phi) is 6.86. The Balaban J connectivity index is 1.52. The summed E-state index contributed by atoms with van der Waals surface area (Å²) in [6.45, 7) is 1.45. The lowest BCUT2D eigenvalue weighted by Gasteiger charge is -2.19. The molecule has 10 heteroatoms. The molecule has 0 unspecified atom stereocenters. The van der Waals surface area contributed by atoms with Gasteiger partial charge in [0, 0.05) is 31.6 Å². The van der Waals surface area contributed by atoms with Crippen molar-refractivity contribution >= 4 is 27.7 Å². The molecule has 0 radical (unpaired) electrons. The van der Waals surface area contributed by atoms with E-state index in [1.807, 2.05) is 0 Å². The predicted octanol–water partition coefficient (Wildman–Crippen LogP) is 0.635. The van der Waals surface area contributed by atoms with Crippen LogP contribution in [0, 0.1) is 0 Å². The Hall–Kier alpha value is -2.46. The standard InChI is InChI=1S/C19H26N4O5S/c24-17(14-22-11-3-1-2-6-18(22)25)20-21-19(26)15-7-9-16(10-8-15)29(27,28)23-12-4-5-13-23/h7-10H,1-6,11-14H2,(H,20,24)(H,21,26). The molecule has 2 N–H and O–H groups in total. The summed E-state index contributed by atoms with van der Waals surface area (Å²) in [6, 6.07) is 5.59. The van der Waals surface area contributed by atoms with Crippen molar-refractivity contribution in [2.45, 2.75) is 43.4 Å². The maximum atomic E-state index is 12.5. The predicted molar refractivity (Wildman–Crippen MR) is 105 cm³/mol. The van der Waals surface area contributed by atoms with E-state index in [0.29, 0.717) is 26.1 Å². The monoisotopic (exact) mass is 422 g/mol. The summed E-state index contributed by atoms with van der Waals surface area (Å²) in [5.74, 6) is -1.11. The fourth-order valence-corrected chi connectivity index (χ4v) is 4.99. The van der Waals surface area contributed by atoms with E-state index in [1.54, 1.807) is 0 Å². The molecule has 158 valence electrons. The Morgan fingerprint density at radius 1 is 0.897 bits per heavy atom. The van der Waals surface area contributed by atoms with Gasteiger partial charge in [0.1, 0.15) is 6.54 Å². The number of carbonyl (C=O) groups is 3. The van der Waals surface area contributed by atoms with Crippen molar-refractivity contribution in [3.63, 3.8) is 0 Å². The van der Waals surface area contributed by atoms with Crippen LogP contribution in [0.4, 0.5) is 0 Å². The number of amides is 3. The molecule has 0 aliphatic carbocycles. The molecule has 2 fully saturated rings. The second kappa shape index (κ2) is 9.36. The quantitative estimate of drug-likeness (QED) is 0.676. The van der Waals surface area contributed by atoms with E-state index in [-0.39, 0.29) is 22.9 Å². The van der Waals surface area contributed by atoms with Crippen molar-refractivity contribution in [1.82, 2.24) is 20.1 Å². The fourth-order valence-electron chi connectivity index (χ4n) is 3.47. The topological polar surface area (TPSA) is 116 Å². The van der Waals surface area contributed by atoms with Crippen LogP contribution in [0.5, 0.6) is 0 Å². The maximum absolute atomic E-state index is 12.5. The first-order valence-electron chi connectivity index (χ1n) is 9.85. The number of rotatable bonds is 5. The van der Waals surface area contributed by atoms with Crippen LogP contribution in [0.2, 0.25) is 0 Å². The largest absolute Gasteiger partial charge is 0.333 e. The fraction of sp³-hybridized carbons (Fsp3) is 0.526. The minimum absolute atomic E-state index is 0.0567. The molecular formula is C19H26N4O5S. The van der Waals surface area contributed by atoms with Crippen molar-refractivity contribution in [1.29, 1.82) is 0 Å². The van der Waals surface area contributed by atoms with Crippen LogP contribution in [0.1, 0.15) is 48.9 Å². The molecule has 9 nitrogen and oxygen atoms in total. The first kappa shape index (κ1) is 21.3. The van der Waals surface area contributed by atoms with Crippen LogP contribution in [0.3, 0.4) is 0 Å². The third-order valence-electron chi connectivity index (χ3n) is 5.14. The Bertz CT molecular complexity index is 863. The van der Waals surface area contributed by atoms with Gasteiger partial charge >= 0.3 is 0 Å². The number of likely N-dealkylation sites (tertiary alicyclic amines) is 1. The van der Waals surface area contributed by atoms with Gasteiger partial charge in [0.25, 0.3) is 11.8 Å². The molecule has 0 spiro atoms. The lowest BCUT2D eigenvalue weighted by atomic mass is 10.2. The molecule has 1 aromatic rings. The van der Waals surface area contributed by atoms with E-state index in [9.17, 15) is 22.8 Å². The number of nitrogens with zero attached hydrogens (tertiary/aromatic N) is 2. The summed E-state index contributed by atoms with van der Waals surface area (Å²) in [5, 5.41) is 0. The maximum Gasteiger partial charge on any atom is 0.269 e. The van der Waals surface area contributed by atoms with Crippen molar-refractivity contribution in [3.8, 4) is 0 Å². The molecule has 3 amide bonds. The number of sulfonamides is 1. The highest BCUT2D eigenvalue weighted by molar-refractivity contribution is 7.89. The van der Waals surface area contributed by atoms with Crippen molar-refractivity contribution in [3.05, 3.63) is 29.8 Å². The molecule has 2 aliphatic heterocycles. The molecule has 0 atom stereocenters. The average Bonchev–Trinajstić information content (AvgIpc) is 3.19. The number of hydrogen-bond acceptors (Lipinski definition) is 5. The van der Waals surface area contributed by atoms with Crippen LogP contribution in [-0.2, 0) is 19.6 Å². The summed E-state index contributed by atoms with van der Waals surface area (Å²) in [5.41, 5.74) is 4.81. The summed E-state index contributed by atoms with van der Waals surface area (Å²) in [7, 11) is -3.54. The third-order valence-corrected chi connectivity index (χ3v) is 7.05. The lowest BCUT2D eigenvalue weighted by molar-refractivity contribution is -0.135. The Labute approximate surface area is 170 Å². The van der Waals surface area contributed by atoms with E-state index >= 15 is 0 Å². The molecule has 3 rings (SSSR count). The zero-order valence-electron chi connectivity index (χ0n) is 16.2. The van der Waals surface area contributed by atoms with E-state index < -0.39 is 21.8 Å². The van der Waals surface area contributed by atoms with Gasteiger partial charge in [0.05, 0.1) is 4.90 Å². The van der Waals surface area contributed by atoms with E-state index in [0.717, 1.165) is 32.1 Å². The van der Waals surface area contributed by atoms with E-state index in [4.69, 9.17) is 0 Å². The van der Waals surface area contributed by atoms with Crippen molar-refractivity contribution in [2.75, 3.05) is 26.2 Å². The highest BCUT2D eigenvalue weighted by Gasteiger charge is 2.27. The zero-order chi connectivity index (χ0) is 20.9. The van der Waals surface area contributed by atoms with Gasteiger partial charge in [-0.15, -0.1) is 0 Å². The summed E-state index contributed by atoms with van der Waals surface area (Å²) in [4.78, 5) is 37.8. The normalized spacial score (nSPS) is 18.3. The van der Waals surface area contributed by atoms with Crippen LogP contribution >= 0.6 is 0 Å². The number of nitrogens with one attached hydrogen (secondary N) is 2.